The monoisotopic (exact) mass is 773 g/mol. The van der Waals surface area contributed by atoms with Crippen molar-refractivity contribution in [1.82, 2.24) is 15.0 Å². The van der Waals surface area contributed by atoms with E-state index in [1.165, 1.54) is 53.6 Å². The Kier molecular flexibility index (Phi) is 7.41. The maximum atomic E-state index is 6.51. The number of nitrogens with zero attached hydrogens (tertiary/aromatic N) is 3. The van der Waals surface area contributed by atoms with Gasteiger partial charge in [-0.1, -0.05) is 147 Å². The van der Waals surface area contributed by atoms with Gasteiger partial charge < -0.3 is 4.42 Å². The zero-order chi connectivity index (χ0) is 39.2. The first-order valence-electron chi connectivity index (χ1n) is 20.0. The van der Waals surface area contributed by atoms with Crippen LogP contribution in [-0.2, 0) is 5.41 Å². The molecule has 1 aliphatic rings. The van der Waals surface area contributed by atoms with Crippen molar-refractivity contribution in [2.45, 2.75) is 19.3 Å². The molecule has 12 rings (SSSR count). The third-order valence-corrected chi connectivity index (χ3v) is 13.3. The first kappa shape index (κ1) is 33.9. The Morgan fingerprint density at radius 3 is 1.92 bits per heavy atom. The van der Waals surface area contributed by atoms with Crippen molar-refractivity contribution in [3.8, 4) is 67.5 Å². The summed E-state index contributed by atoms with van der Waals surface area (Å²) < 4.78 is 8.97. The Labute approximate surface area is 345 Å². The molecular formula is C54H35N3OS. The molecule has 0 bridgehead atoms. The van der Waals surface area contributed by atoms with Gasteiger partial charge in [0, 0.05) is 53.1 Å². The van der Waals surface area contributed by atoms with Crippen molar-refractivity contribution in [1.29, 1.82) is 0 Å². The van der Waals surface area contributed by atoms with Crippen LogP contribution in [0.25, 0.3) is 110 Å². The molecule has 59 heavy (non-hydrogen) atoms. The normalized spacial score (nSPS) is 13.1. The van der Waals surface area contributed by atoms with Crippen LogP contribution in [0, 0.1) is 0 Å². The van der Waals surface area contributed by atoms with E-state index >= 15 is 0 Å². The molecule has 3 heterocycles. The van der Waals surface area contributed by atoms with Crippen molar-refractivity contribution >= 4 is 53.4 Å². The van der Waals surface area contributed by atoms with Crippen LogP contribution >= 0.6 is 11.3 Å². The van der Waals surface area contributed by atoms with Crippen LogP contribution in [0.4, 0.5) is 0 Å². The van der Waals surface area contributed by atoms with E-state index in [0.29, 0.717) is 17.5 Å². The predicted molar refractivity (Wildman–Crippen MR) is 245 cm³/mol. The van der Waals surface area contributed by atoms with Crippen LogP contribution in [0.15, 0.2) is 180 Å². The van der Waals surface area contributed by atoms with Crippen molar-refractivity contribution in [2.75, 3.05) is 0 Å². The van der Waals surface area contributed by atoms with E-state index in [1.54, 1.807) is 11.3 Å². The van der Waals surface area contributed by atoms with Gasteiger partial charge in [0.25, 0.3) is 0 Å². The zero-order valence-corrected chi connectivity index (χ0v) is 33.2. The molecule has 11 aromatic rings. The predicted octanol–water partition coefficient (Wildman–Crippen LogP) is 14.8. The van der Waals surface area contributed by atoms with Gasteiger partial charge in [0.15, 0.2) is 17.5 Å². The van der Waals surface area contributed by atoms with E-state index in [2.05, 4.69) is 190 Å². The standard InChI is InChI=1S/C54H35N3OS/c1-54(2)43-21-8-6-17-38(43)42-30-36(26-28-44(42)54)52-55-51(56-53(57-52)41-20-12-24-48-50(41)40-18-7-9-23-47(40)59-48)35-16-10-15-33(29-35)34-25-27-39-46(31-34)58-45-22-11-19-37(49(39)45)32-13-4-3-5-14-32/h3-31H,1-2H3. The Hall–Kier alpha value is -7.21. The third-order valence-electron chi connectivity index (χ3n) is 12.2. The molecule has 4 nitrogen and oxygen atoms in total. The molecule has 0 saturated carbocycles. The molecular weight excluding hydrogens is 739 g/mol. The summed E-state index contributed by atoms with van der Waals surface area (Å²) in [6, 6.07) is 62.4. The van der Waals surface area contributed by atoms with Gasteiger partial charge in [-0.15, -0.1) is 11.3 Å². The summed E-state index contributed by atoms with van der Waals surface area (Å²) in [5, 5.41) is 4.61. The number of hydrogen-bond donors (Lipinski definition) is 0. The first-order valence-corrected chi connectivity index (χ1v) is 20.8. The second-order valence-corrected chi connectivity index (χ2v) is 17.0. The molecule has 1 aliphatic carbocycles. The largest absolute Gasteiger partial charge is 0.456 e. The molecule has 0 aliphatic heterocycles. The van der Waals surface area contributed by atoms with E-state index in [9.17, 15) is 0 Å². The minimum absolute atomic E-state index is 0.0917. The second-order valence-electron chi connectivity index (χ2n) is 16.0. The van der Waals surface area contributed by atoms with Crippen LogP contribution in [0.1, 0.15) is 25.0 Å². The first-order chi connectivity index (χ1) is 29.0. The number of hydrogen-bond acceptors (Lipinski definition) is 5. The summed E-state index contributed by atoms with van der Waals surface area (Å²) in [7, 11) is 0. The Morgan fingerprint density at radius 2 is 1.02 bits per heavy atom. The molecule has 0 N–H and O–H groups in total. The maximum absolute atomic E-state index is 6.51. The Balaban J connectivity index is 1.02. The topological polar surface area (TPSA) is 51.8 Å². The lowest BCUT2D eigenvalue weighted by Crippen LogP contribution is -2.14. The number of furan rings is 1. The van der Waals surface area contributed by atoms with Crippen LogP contribution in [0.3, 0.4) is 0 Å². The van der Waals surface area contributed by atoms with Crippen molar-refractivity contribution in [3.05, 3.63) is 187 Å². The number of rotatable bonds is 5. The molecule has 5 heteroatoms. The Morgan fingerprint density at radius 1 is 0.390 bits per heavy atom. The number of benzene rings is 8. The minimum atomic E-state index is -0.0917. The van der Waals surface area contributed by atoms with E-state index < -0.39 is 0 Å². The van der Waals surface area contributed by atoms with E-state index in [0.717, 1.165) is 49.8 Å². The Bertz CT molecular complexity index is 3490. The maximum Gasteiger partial charge on any atom is 0.164 e. The summed E-state index contributed by atoms with van der Waals surface area (Å²) >= 11 is 1.80. The van der Waals surface area contributed by atoms with Gasteiger partial charge in [-0.05, 0) is 87.0 Å². The average Bonchev–Trinajstić information content (AvgIpc) is 3.94. The molecule has 278 valence electrons. The van der Waals surface area contributed by atoms with Crippen LogP contribution < -0.4 is 0 Å². The summed E-state index contributed by atoms with van der Waals surface area (Å²) in [5.41, 5.74) is 14.1. The van der Waals surface area contributed by atoms with E-state index in [1.807, 2.05) is 0 Å². The minimum Gasteiger partial charge on any atom is -0.456 e. The fourth-order valence-corrected chi connectivity index (χ4v) is 10.4. The summed E-state index contributed by atoms with van der Waals surface area (Å²) in [6.45, 7) is 4.62. The van der Waals surface area contributed by atoms with Crippen LogP contribution in [0.2, 0.25) is 0 Å². The van der Waals surface area contributed by atoms with Gasteiger partial charge in [-0.3, -0.25) is 0 Å². The number of fused-ring (bicyclic) bond motifs is 9. The molecule has 0 unspecified atom stereocenters. The van der Waals surface area contributed by atoms with Crippen molar-refractivity contribution < 1.29 is 4.42 Å². The third kappa shape index (κ3) is 5.32. The number of aromatic nitrogens is 3. The quantitative estimate of drug-likeness (QED) is 0.175. The highest BCUT2D eigenvalue weighted by Gasteiger charge is 2.35. The van der Waals surface area contributed by atoms with Crippen molar-refractivity contribution in [3.63, 3.8) is 0 Å². The van der Waals surface area contributed by atoms with E-state index in [4.69, 9.17) is 19.4 Å². The highest BCUT2D eigenvalue weighted by atomic mass is 32.1. The van der Waals surface area contributed by atoms with Gasteiger partial charge in [0.1, 0.15) is 11.2 Å². The smallest absolute Gasteiger partial charge is 0.164 e. The molecule has 0 fully saturated rings. The summed E-state index contributed by atoms with van der Waals surface area (Å²) in [6.07, 6.45) is 0. The lowest BCUT2D eigenvalue weighted by atomic mass is 9.82. The zero-order valence-electron chi connectivity index (χ0n) is 32.4. The molecule has 3 aromatic heterocycles. The molecule has 8 aromatic carbocycles. The highest BCUT2D eigenvalue weighted by Crippen LogP contribution is 2.49. The number of thiophene rings is 1. The van der Waals surface area contributed by atoms with Crippen LogP contribution in [-0.4, -0.2) is 15.0 Å². The average molecular weight is 774 g/mol. The van der Waals surface area contributed by atoms with Crippen LogP contribution in [0.5, 0.6) is 0 Å². The lowest BCUT2D eigenvalue weighted by Gasteiger charge is -2.21. The lowest BCUT2D eigenvalue weighted by molar-refractivity contribution is 0.660. The van der Waals surface area contributed by atoms with Gasteiger partial charge in [0.05, 0.1) is 0 Å². The van der Waals surface area contributed by atoms with Gasteiger partial charge >= 0.3 is 0 Å². The molecule has 0 spiro atoms. The van der Waals surface area contributed by atoms with Gasteiger partial charge in [-0.2, -0.15) is 0 Å². The van der Waals surface area contributed by atoms with Crippen molar-refractivity contribution in [2.24, 2.45) is 0 Å². The molecule has 0 saturated heterocycles. The summed E-state index contributed by atoms with van der Waals surface area (Å²) in [5.74, 6) is 1.93. The highest BCUT2D eigenvalue weighted by molar-refractivity contribution is 7.25. The second kappa shape index (κ2) is 12.9. The fourth-order valence-electron chi connectivity index (χ4n) is 9.28. The molecule has 0 atom stereocenters. The SMILES string of the molecule is CC1(C)c2ccccc2-c2cc(-c3nc(-c4cccc(-c5ccc6c(c5)oc5cccc(-c7ccccc7)c56)c4)nc(-c4cccc5sc6ccccc6c45)n3)ccc21. The van der Waals surface area contributed by atoms with E-state index in [-0.39, 0.29) is 5.41 Å². The molecule has 0 amide bonds. The van der Waals surface area contributed by atoms with Gasteiger partial charge in [0.2, 0.25) is 0 Å². The van der Waals surface area contributed by atoms with Gasteiger partial charge in [-0.25, -0.2) is 15.0 Å². The molecule has 0 radical (unpaired) electrons. The fraction of sp³-hybridized carbons (Fsp3) is 0.0556. The summed E-state index contributed by atoms with van der Waals surface area (Å²) in [4.78, 5) is 15.8.